The molecule has 5 heteroatoms. The molecule has 0 saturated carbocycles. The number of anilines is 1. The van der Waals surface area contributed by atoms with Crippen LogP contribution in [-0.2, 0) is 12.8 Å². The normalized spacial score (nSPS) is 12.9. The van der Waals surface area contributed by atoms with Gasteiger partial charge in [0, 0.05) is 28.4 Å². The molecule has 108 valence electrons. The third kappa shape index (κ3) is 2.65. The van der Waals surface area contributed by atoms with E-state index in [9.17, 15) is 9.18 Å². The molecule has 3 nitrogen and oxygen atoms in total. The first-order chi connectivity index (χ1) is 10.1. The van der Waals surface area contributed by atoms with E-state index >= 15 is 0 Å². The summed E-state index contributed by atoms with van der Waals surface area (Å²) in [5.41, 5.74) is 7.63. The Hall–Kier alpha value is -1.88. The fourth-order valence-electron chi connectivity index (χ4n) is 2.53. The van der Waals surface area contributed by atoms with Gasteiger partial charge in [0.05, 0.1) is 12.3 Å². The number of benzene rings is 2. The van der Waals surface area contributed by atoms with Crippen molar-refractivity contribution >= 4 is 27.4 Å². The Labute approximate surface area is 130 Å². The number of ether oxygens (including phenoxy) is 1. The van der Waals surface area contributed by atoms with Crippen molar-refractivity contribution < 1.29 is 13.9 Å². The van der Waals surface area contributed by atoms with Crippen molar-refractivity contribution in [2.75, 3.05) is 12.3 Å². The Morgan fingerprint density at radius 3 is 3.00 bits per heavy atom. The molecule has 0 unspecified atom stereocenters. The maximum absolute atomic E-state index is 13.5. The molecule has 0 aliphatic carbocycles. The summed E-state index contributed by atoms with van der Waals surface area (Å²) in [6.45, 7) is 0.620. The molecule has 0 saturated heterocycles. The second-order valence-corrected chi connectivity index (χ2v) is 5.87. The molecule has 0 atom stereocenters. The predicted octanol–water partition coefficient (Wildman–Crippen LogP) is 3.53. The highest BCUT2D eigenvalue weighted by molar-refractivity contribution is 9.10. The Balaban J connectivity index is 1.94. The maximum Gasteiger partial charge on any atom is 0.169 e. The van der Waals surface area contributed by atoms with Gasteiger partial charge in [-0.3, -0.25) is 4.79 Å². The van der Waals surface area contributed by atoms with Crippen LogP contribution in [0, 0.1) is 5.82 Å². The van der Waals surface area contributed by atoms with Crippen LogP contribution >= 0.6 is 15.9 Å². The van der Waals surface area contributed by atoms with E-state index < -0.39 is 5.82 Å². The van der Waals surface area contributed by atoms with Crippen LogP contribution in [0.5, 0.6) is 5.75 Å². The van der Waals surface area contributed by atoms with Gasteiger partial charge in [-0.1, -0.05) is 22.0 Å². The molecule has 0 radical (unpaired) electrons. The molecular weight excluding hydrogens is 337 g/mol. The van der Waals surface area contributed by atoms with Gasteiger partial charge in [-0.2, -0.15) is 0 Å². The van der Waals surface area contributed by atoms with Crippen molar-refractivity contribution in [3.63, 3.8) is 0 Å². The monoisotopic (exact) mass is 349 g/mol. The van der Waals surface area contributed by atoms with E-state index in [1.54, 1.807) is 6.07 Å². The van der Waals surface area contributed by atoms with Crippen LogP contribution in [0.2, 0.25) is 0 Å². The molecule has 1 heterocycles. The van der Waals surface area contributed by atoms with E-state index in [-0.39, 0.29) is 23.5 Å². The van der Waals surface area contributed by atoms with Gasteiger partial charge >= 0.3 is 0 Å². The molecular formula is C16H13BrFNO2. The second kappa shape index (κ2) is 5.48. The van der Waals surface area contributed by atoms with Crippen molar-refractivity contribution in [3.05, 3.63) is 57.3 Å². The highest BCUT2D eigenvalue weighted by Crippen LogP contribution is 2.34. The molecule has 2 aromatic carbocycles. The summed E-state index contributed by atoms with van der Waals surface area (Å²) in [6, 6.07) is 8.12. The first kappa shape index (κ1) is 14.1. The summed E-state index contributed by atoms with van der Waals surface area (Å²) in [4.78, 5) is 12.4. The van der Waals surface area contributed by atoms with E-state index in [2.05, 4.69) is 15.9 Å². The van der Waals surface area contributed by atoms with Crippen molar-refractivity contribution in [2.45, 2.75) is 12.8 Å². The summed E-state index contributed by atoms with van der Waals surface area (Å²) in [6.07, 6.45) is 0.966. The minimum atomic E-state index is -0.573. The Kier molecular flexibility index (Phi) is 3.68. The van der Waals surface area contributed by atoms with Crippen LogP contribution in [0.15, 0.2) is 34.8 Å². The van der Waals surface area contributed by atoms with Crippen LogP contribution in [0.4, 0.5) is 10.1 Å². The number of rotatable bonds is 3. The molecule has 3 rings (SSSR count). The molecule has 0 fully saturated rings. The van der Waals surface area contributed by atoms with Gasteiger partial charge < -0.3 is 10.5 Å². The van der Waals surface area contributed by atoms with Crippen molar-refractivity contribution in [3.8, 4) is 5.75 Å². The lowest BCUT2D eigenvalue weighted by Crippen LogP contribution is -2.09. The molecule has 21 heavy (non-hydrogen) atoms. The quantitative estimate of drug-likeness (QED) is 0.681. The number of Topliss-reactive ketones (excluding diaryl/α,β-unsaturated/α-hetero) is 1. The smallest absolute Gasteiger partial charge is 0.169 e. The number of hydrogen-bond acceptors (Lipinski definition) is 3. The van der Waals surface area contributed by atoms with Gasteiger partial charge in [-0.15, -0.1) is 0 Å². The Morgan fingerprint density at radius 2 is 2.19 bits per heavy atom. The standard InChI is InChI=1S/C16H13BrFNO2/c17-11-6-9-4-5-21-16(9)10(7-11)8-14(20)12-2-1-3-13(18)15(12)19/h1-3,6-7H,4-5,8,19H2. The zero-order chi connectivity index (χ0) is 15.0. The summed E-state index contributed by atoms with van der Waals surface area (Å²) < 4.78 is 20.0. The highest BCUT2D eigenvalue weighted by atomic mass is 79.9. The Morgan fingerprint density at radius 1 is 1.38 bits per heavy atom. The SMILES string of the molecule is Nc1c(F)cccc1C(=O)Cc1cc(Br)cc2c1OCC2. The van der Waals surface area contributed by atoms with Crippen molar-refractivity contribution in [1.29, 1.82) is 0 Å². The lowest BCUT2D eigenvalue weighted by molar-refractivity contribution is 0.0992. The van der Waals surface area contributed by atoms with Crippen LogP contribution in [0.3, 0.4) is 0 Å². The van der Waals surface area contributed by atoms with Gasteiger partial charge in [0.25, 0.3) is 0 Å². The fourth-order valence-corrected chi connectivity index (χ4v) is 3.08. The third-order valence-electron chi connectivity index (χ3n) is 3.53. The number of ketones is 1. The minimum Gasteiger partial charge on any atom is -0.493 e. The first-order valence-corrected chi connectivity index (χ1v) is 7.37. The van der Waals surface area contributed by atoms with E-state index in [1.807, 2.05) is 12.1 Å². The maximum atomic E-state index is 13.5. The lowest BCUT2D eigenvalue weighted by atomic mass is 9.99. The van der Waals surface area contributed by atoms with Crippen molar-refractivity contribution in [2.24, 2.45) is 0 Å². The van der Waals surface area contributed by atoms with Crippen LogP contribution in [0.1, 0.15) is 21.5 Å². The molecule has 0 amide bonds. The van der Waals surface area contributed by atoms with E-state index in [0.29, 0.717) is 6.61 Å². The zero-order valence-electron chi connectivity index (χ0n) is 11.2. The number of hydrogen-bond donors (Lipinski definition) is 1. The number of halogens is 2. The summed E-state index contributed by atoms with van der Waals surface area (Å²) >= 11 is 3.44. The Bertz CT molecular complexity index is 730. The second-order valence-electron chi connectivity index (χ2n) is 4.95. The molecule has 1 aliphatic rings. The van der Waals surface area contributed by atoms with Gasteiger partial charge in [-0.05, 0) is 29.8 Å². The van der Waals surface area contributed by atoms with Gasteiger partial charge in [0.1, 0.15) is 11.6 Å². The van der Waals surface area contributed by atoms with Crippen LogP contribution < -0.4 is 10.5 Å². The van der Waals surface area contributed by atoms with Crippen LogP contribution in [0.25, 0.3) is 0 Å². The third-order valence-corrected chi connectivity index (χ3v) is 3.99. The fraction of sp³-hybridized carbons (Fsp3) is 0.188. The topological polar surface area (TPSA) is 52.3 Å². The largest absolute Gasteiger partial charge is 0.493 e. The van der Waals surface area contributed by atoms with Gasteiger partial charge in [-0.25, -0.2) is 4.39 Å². The van der Waals surface area contributed by atoms with E-state index in [4.69, 9.17) is 10.5 Å². The molecule has 1 aliphatic heterocycles. The average Bonchev–Trinajstić information content (AvgIpc) is 2.90. The van der Waals surface area contributed by atoms with Gasteiger partial charge in [0.2, 0.25) is 0 Å². The van der Waals surface area contributed by atoms with Crippen molar-refractivity contribution in [1.82, 2.24) is 0 Å². The molecule has 2 aromatic rings. The van der Waals surface area contributed by atoms with Gasteiger partial charge in [0.15, 0.2) is 5.78 Å². The zero-order valence-corrected chi connectivity index (χ0v) is 12.7. The van der Waals surface area contributed by atoms with E-state index in [1.165, 1.54) is 12.1 Å². The van der Waals surface area contributed by atoms with Crippen LogP contribution in [-0.4, -0.2) is 12.4 Å². The summed E-state index contributed by atoms with van der Waals surface area (Å²) in [5.74, 6) is -0.0269. The number of nitrogens with two attached hydrogens (primary N) is 1. The number of carbonyl (C=O) groups excluding carboxylic acids is 1. The van der Waals surface area contributed by atoms with E-state index in [0.717, 1.165) is 27.8 Å². The highest BCUT2D eigenvalue weighted by Gasteiger charge is 2.21. The molecule has 2 N–H and O–H groups in total. The minimum absolute atomic E-state index is 0.102. The molecule has 0 spiro atoms. The average molecular weight is 350 g/mol. The number of para-hydroxylation sites is 1. The summed E-state index contributed by atoms with van der Waals surface area (Å²) in [7, 11) is 0. The summed E-state index contributed by atoms with van der Waals surface area (Å²) in [5, 5.41) is 0. The number of carbonyl (C=O) groups is 1. The molecule has 0 bridgehead atoms. The lowest BCUT2D eigenvalue weighted by Gasteiger charge is -2.10. The first-order valence-electron chi connectivity index (χ1n) is 6.57. The number of nitrogen functional groups attached to an aromatic ring is 1. The molecule has 0 aromatic heterocycles. The predicted molar refractivity (Wildman–Crippen MR) is 82.2 cm³/mol. The number of fused-ring (bicyclic) bond motifs is 1.